The number of ether oxygens (including phenoxy) is 1. The zero-order valence-electron chi connectivity index (χ0n) is 10.2. The summed E-state index contributed by atoms with van der Waals surface area (Å²) in [5.41, 5.74) is 2.03. The lowest BCUT2D eigenvalue weighted by atomic mass is 10.2. The van der Waals surface area contributed by atoms with Gasteiger partial charge in [-0.05, 0) is 18.2 Å². The zero-order chi connectivity index (χ0) is 14.6. The van der Waals surface area contributed by atoms with Crippen molar-refractivity contribution in [3.63, 3.8) is 0 Å². The summed E-state index contributed by atoms with van der Waals surface area (Å²) in [5, 5.41) is 0. The molecule has 0 amide bonds. The minimum absolute atomic E-state index is 0.0131. The van der Waals surface area contributed by atoms with E-state index in [2.05, 4.69) is 15.4 Å². The monoisotopic (exact) mass is 284 g/mol. The molecule has 0 unspecified atom stereocenters. The van der Waals surface area contributed by atoms with Gasteiger partial charge in [-0.1, -0.05) is 6.07 Å². The van der Waals surface area contributed by atoms with Crippen LogP contribution in [0.5, 0.6) is 5.75 Å². The maximum Gasteiger partial charge on any atom is 0.416 e. The lowest BCUT2D eigenvalue weighted by Gasteiger charge is -2.10. The molecule has 0 bridgehead atoms. The highest BCUT2D eigenvalue weighted by Gasteiger charge is 2.30. The second kappa shape index (κ2) is 5.74. The van der Waals surface area contributed by atoms with Gasteiger partial charge in [-0.2, -0.15) is 13.2 Å². The summed E-state index contributed by atoms with van der Waals surface area (Å²) >= 11 is 0. The van der Waals surface area contributed by atoms with Crippen LogP contribution in [0.3, 0.4) is 0 Å². The quantitative estimate of drug-likeness (QED) is 0.666. The van der Waals surface area contributed by atoms with Crippen LogP contribution in [0.4, 0.5) is 19.0 Å². The molecule has 106 valence electrons. The van der Waals surface area contributed by atoms with Crippen LogP contribution in [-0.4, -0.2) is 9.97 Å². The summed E-state index contributed by atoms with van der Waals surface area (Å²) in [7, 11) is 0. The van der Waals surface area contributed by atoms with Gasteiger partial charge in [0.1, 0.15) is 12.4 Å². The Morgan fingerprint density at radius 1 is 1.20 bits per heavy atom. The van der Waals surface area contributed by atoms with Crippen molar-refractivity contribution in [3.05, 3.63) is 47.9 Å². The predicted octanol–water partition coefficient (Wildman–Crippen LogP) is 2.36. The number of rotatable bonds is 4. The molecular weight excluding hydrogens is 273 g/mol. The van der Waals surface area contributed by atoms with Crippen LogP contribution in [-0.2, 0) is 12.8 Å². The van der Waals surface area contributed by atoms with Crippen molar-refractivity contribution in [1.29, 1.82) is 0 Å². The van der Waals surface area contributed by atoms with E-state index in [1.54, 1.807) is 0 Å². The number of nitrogen functional groups attached to an aromatic ring is 1. The minimum Gasteiger partial charge on any atom is -0.487 e. The maximum atomic E-state index is 12.5. The molecule has 20 heavy (non-hydrogen) atoms. The molecule has 0 aliphatic carbocycles. The first kappa shape index (κ1) is 14.1. The second-order valence-electron chi connectivity index (χ2n) is 3.85. The molecule has 5 nitrogen and oxygen atoms in total. The Morgan fingerprint density at radius 3 is 2.60 bits per heavy atom. The zero-order valence-corrected chi connectivity index (χ0v) is 10.2. The fourth-order valence-corrected chi connectivity index (χ4v) is 1.42. The van der Waals surface area contributed by atoms with Gasteiger partial charge in [0, 0.05) is 0 Å². The van der Waals surface area contributed by atoms with E-state index in [9.17, 15) is 13.2 Å². The van der Waals surface area contributed by atoms with E-state index in [1.165, 1.54) is 24.5 Å². The molecule has 1 aromatic heterocycles. The van der Waals surface area contributed by atoms with E-state index < -0.39 is 11.7 Å². The average Bonchev–Trinajstić information content (AvgIpc) is 2.45. The predicted molar refractivity (Wildman–Crippen MR) is 65.6 cm³/mol. The molecule has 0 fully saturated rings. The SMILES string of the molecule is NNc1cnc(COc2cccc(C(F)(F)F)c2)cn1. The van der Waals surface area contributed by atoms with Crippen LogP contribution in [0, 0.1) is 0 Å². The van der Waals surface area contributed by atoms with E-state index in [4.69, 9.17) is 10.6 Å². The Hall–Kier alpha value is -2.35. The molecule has 0 spiro atoms. The maximum absolute atomic E-state index is 12.5. The van der Waals surface area contributed by atoms with Crippen LogP contribution in [0.1, 0.15) is 11.3 Å². The number of anilines is 1. The third kappa shape index (κ3) is 3.58. The van der Waals surface area contributed by atoms with Crippen LogP contribution in [0.2, 0.25) is 0 Å². The highest BCUT2D eigenvalue weighted by molar-refractivity contribution is 5.31. The van der Waals surface area contributed by atoms with Gasteiger partial charge in [0.05, 0.1) is 23.7 Å². The fraction of sp³-hybridized carbons (Fsp3) is 0.167. The number of alkyl halides is 3. The van der Waals surface area contributed by atoms with Gasteiger partial charge in [-0.15, -0.1) is 0 Å². The molecule has 1 heterocycles. The Labute approximate surface area is 112 Å². The van der Waals surface area contributed by atoms with Crippen molar-refractivity contribution in [2.75, 3.05) is 5.43 Å². The van der Waals surface area contributed by atoms with E-state index in [0.717, 1.165) is 12.1 Å². The third-order valence-corrected chi connectivity index (χ3v) is 2.40. The molecule has 0 aliphatic rings. The van der Waals surface area contributed by atoms with Crippen molar-refractivity contribution in [1.82, 2.24) is 9.97 Å². The summed E-state index contributed by atoms with van der Waals surface area (Å²) < 4.78 is 42.8. The fourth-order valence-electron chi connectivity index (χ4n) is 1.42. The molecule has 8 heteroatoms. The lowest BCUT2D eigenvalue weighted by molar-refractivity contribution is -0.137. The van der Waals surface area contributed by atoms with Gasteiger partial charge in [0.2, 0.25) is 0 Å². The van der Waals surface area contributed by atoms with Crippen LogP contribution >= 0.6 is 0 Å². The van der Waals surface area contributed by atoms with Crippen molar-refractivity contribution >= 4 is 5.82 Å². The first-order chi connectivity index (χ1) is 9.49. The summed E-state index contributed by atoms with van der Waals surface area (Å²) in [6.45, 7) is 0.0131. The molecule has 0 aliphatic heterocycles. The summed E-state index contributed by atoms with van der Waals surface area (Å²) in [6.07, 6.45) is -1.58. The Morgan fingerprint density at radius 2 is 2.00 bits per heavy atom. The summed E-state index contributed by atoms with van der Waals surface area (Å²) in [4.78, 5) is 7.89. The highest BCUT2D eigenvalue weighted by atomic mass is 19.4. The smallest absolute Gasteiger partial charge is 0.416 e. The van der Waals surface area contributed by atoms with Crippen LogP contribution < -0.4 is 16.0 Å². The summed E-state index contributed by atoms with van der Waals surface area (Å²) in [6, 6.07) is 4.64. The molecule has 0 saturated carbocycles. The normalized spacial score (nSPS) is 11.2. The number of hydrogen-bond donors (Lipinski definition) is 2. The average molecular weight is 284 g/mol. The molecular formula is C12H11F3N4O. The van der Waals surface area contributed by atoms with Crippen molar-refractivity contribution in [3.8, 4) is 5.75 Å². The molecule has 0 saturated heterocycles. The highest BCUT2D eigenvalue weighted by Crippen LogP contribution is 2.31. The number of aromatic nitrogens is 2. The third-order valence-electron chi connectivity index (χ3n) is 2.40. The number of nitrogens with two attached hydrogens (primary N) is 1. The molecule has 1 aromatic carbocycles. The van der Waals surface area contributed by atoms with E-state index in [0.29, 0.717) is 11.5 Å². The number of hydrazine groups is 1. The van der Waals surface area contributed by atoms with Crippen LogP contribution in [0.25, 0.3) is 0 Å². The Kier molecular flexibility index (Phi) is 4.04. The molecule has 2 aromatic rings. The van der Waals surface area contributed by atoms with Gasteiger partial charge in [-0.3, -0.25) is 4.98 Å². The topological polar surface area (TPSA) is 73.1 Å². The first-order valence-electron chi connectivity index (χ1n) is 5.56. The second-order valence-corrected chi connectivity index (χ2v) is 3.85. The number of halogens is 3. The Bertz CT molecular complexity index is 572. The van der Waals surface area contributed by atoms with Gasteiger partial charge in [0.15, 0.2) is 5.82 Å². The Balaban J connectivity index is 2.03. The molecule has 2 rings (SSSR count). The van der Waals surface area contributed by atoms with Crippen LogP contribution in [0.15, 0.2) is 36.7 Å². The van der Waals surface area contributed by atoms with E-state index >= 15 is 0 Å². The van der Waals surface area contributed by atoms with Gasteiger partial charge in [0.25, 0.3) is 0 Å². The van der Waals surface area contributed by atoms with Gasteiger partial charge >= 0.3 is 6.18 Å². The van der Waals surface area contributed by atoms with Gasteiger partial charge < -0.3 is 10.2 Å². The van der Waals surface area contributed by atoms with Crippen molar-refractivity contribution in [2.45, 2.75) is 12.8 Å². The van der Waals surface area contributed by atoms with Crippen molar-refractivity contribution in [2.24, 2.45) is 5.84 Å². The van der Waals surface area contributed by atoms with E-state index in [-0.39, 0.29) is 12.4 Å². The number of benzene rings is 1. The number of hydrogen-bond acceptors (Lipinski definition) is 5. The number of nitrogens with one attached hydrogen (secondary N) is 1. The van der Waals surface area contributed by atoms with Gasteiger partial charge in [-0.25, -0.2) is 10.8 Å². The van der Waals surface area contributed by atoms with E-state index in [1.807, 2.05) is 0 Å². The molecule has 0 radical (unpaired) electrons. The largest absolute Gasteiger partial charge is 0.487 e. The standard InChI is InChI=1S/C12H11F3N4O/c13-12(14,15)8-2-1-3-10(4-8)20-7-9-5-18-11(19-16)6-17-9/h1-6H,7,16H2,(H,18,19). The first-order valence-corrected chi connectivity index (χ1v) is 5.56. The number of nitrogens with zero attached hydrogens (tertiary/aromatic N) is 2. The summed E-state index contributed by atoms with van der Waals surface area (Å²) in [5.74, 6) is 5.63. The minimum atomic E-state index is -4.40. The lowest BCUT2D eigenvalue weighted by Crippen LogP contribution is -2.09. The molecule has 0 atom stereocenters. The van der Waals surface area contributed by atoms with Crippen molar-refractivity contribution < 1.29 is 17.9 Å². The molecule has 3 N–H and O–H groups in total.